The van der Waals surface area contributed by atoms with E-state index in [2.05, 4.69) is 24.4 Å². The van der Waals surface area contributed by atoms with Crippen molar-refractivity contribution in [2.45, 2.75) is 24.7 Å². The number of ether oxygens (including phenoxy) is 1. The highest BCUT2D eigenvalue weighted by molar-refractivity contribution is 7.98. The summed E-state index contributed by atoms with van der Waals surface area (Å²) in [5.41, 5.74) is 2.03. The van der Waals surface area contributed by atoms with Crippen molar-refractivity contribution in [2.75, 3.05) is 19.4 Å². The number of carbonyl (C=O) groups is 1. The van der Waals surface area contributed by atoms with Crippen LogP contribution in [0, 0.1) is 0 Å². The van der Waals surface area contributed by atoms with Gasteiger partial charge in [-0.1, -0.05) is 37.6 Å². The fourth-order valence-electron chi connectivity index (χ4n) is 2.30. The Hall–Kier alpha value is -1.94. The van der Waals surface area contributed by atoms with Crippen LogP contribution in [0.3, 0.4) is 0 Å². The minimum absolute atomic E-state index is 0.0585. The van der Waals surface area contributed by atoms with Crippen LogP contribution in [0.4, 0.5) is 0 Å². The predicted octanol–water partition coefficient (Wildman–Crippen LogP) is 4.17. The summed E-state index contributed by atoms with van der Waals surface area (Å²) < 4.78 is 5.66. The molecule has 0 bridgehead atoms. The van der Waals surface area contributed by atoms with E-state index >= 15 is 0 Å². The average molecular weight is 329 g/mol. The van der Waals surface area contributed by atoms with Crippen LogP contribution in [0.2, 0.25) is 0 Å². The average Bonchev–Trinajstić information content (AvgIpc) is 2.60. The lowest BCUT2D eigenvalue weighted by Crippen LogP contribution is -2.28. The Morgan fingerprint density at radius 3 is 2.57 bits per heavy atom. The summed E-state index contributed by atoms with van der Waals surface area (Å²) in [5.74, 6) is 0.778. The van der Waals surface area contributed by atoms with E-state index in [0.29, 0.717) is 18.7 Å². The lowest BCUT2D eigenvalue weighted by atomic mass is 10.1. The van der Waals surface area contributed by atoms with E-state index in [4.69, 9.17) is 4.74 Å². The van der Waals surface area contributed by atoms with Gasteiger partial charge in [-0.05, 0) is 42.5 Å². The van der Waals surface area contributed by atoms with Crippen molar-refractivity contribution in [2.24, 2.45) is 0 Å². The molecule has 0 atom stereocenters. The summed E-state index contributed by atoms with van der Waals surface area (Å²) in [6.45, 7) is 3.11. The van der Waals surface area contributed by atoms with Gasteiger partial charge in [0, 0.05) is 4.90 Å². The monoisotopic (exact) mass is 329 g/mol. The Kier molecular flexibility index (Phi) is 7.01. The van der Waals surface area contributed by atoms with E-state index in [1.54, 1.807) is 11.8 Å². The van der Waals surface area contributed by atoms with Crippen LogP contribution in [0.1, 0.15) is 29.3 Å². The third kappa shape index (κ3) is 5.32. The summed E-state index contributed by atoms with van der Waals surface area (Å²) in [5, 5.41) is 2.90. The number of amides is 1. The van der Waals surface area contributed by atoms with E-state index < -0.39 is 0 Å². The third-order valence-electron chi connectivity index (χ3n) is 3.47. The predicted molar refractivity (Wildman–Crippen MR) is 96.5 cm³/mol. The molecule has 0 radical (unpaired) electrons. The first-order valence-corrected chi connectivity index (χ1v) is 9.10. The normalized spacial score (nSPS) is 10.3. The summed E-state index contributed by atoms with van der Waals surface area (Å²) in [4.78, 5) is 13.2. The first-order chi connectivity index (χ1) is 11.2. The van der Waals surface area contributed by atoms with Crippen molar-refractivity contribution in [3.05, 3.63) is 59.7 Å². The number of aryl methyl sites for hydroxylation is 1. The van der Waals surface area contributed by atoms with Crippen LogP contribution >= 0.6 is 11.8 Å². The van der Waals surface area contributed by atoms with E-state index in [9.17, 15) is 4.79 Å². The van der Waals surface area contributed by atoms with Crippen LogP contribution in [-0.2, 0) is 6.42 Å². The van der Waals surface area contributed by atoms with Gasteiger partial charge in [0.25, 0.3) is 5.91 Å². The lowest BCUT2D eigenvalue weighted by molar-refractivity contribution is 0.0944. The van der Waals surface area contributed by atoms with Crippen LogP contribution < -0.4 is 10.1 Å². The quantitative estimate of drug-likeness (QED) is 0.583. The van der Waals surface area contributed by atoms with Gasteiger partial charge in [0.2, 0.25) is 0 Å². The lowest BCUT2D eigenvalue weighted by Gasteiger charge is -2.10. The molecule has 0 unspecified atom stereocenters. The van der Waals surface area contributed by atoms with Crippen molar-refractivity contribution >= 4 is 17.7 Å². The minimum Gasteiger partial charge on any atom is -0.492 e. The maximum atomic E-state index is 12.2. The fourth-order valence-corrected chi connectivity index (χ4v) is 2.90. The molecule has 4 heteroatoms. The third-order valence-corrected chi connectivity index (χ3v) is 4.27. The van der Waals surface area contributed by atoms with Gasteiger partial charge < -0.3 is 10.1 Å². The highest BCUT2D eigenvalue weighted by Gasteiger charge is 2.09. The molecule has 0 spiro atoms. The Morgan fingerprint density at radius 1 is 1.13 bits per heavy atom. The molecule has 122 valence electrons. The Bertz CT molecular complexity index is 626. The molecule has 0 heterocycles. The SMILES string of the molecule is CCCc1ccc(OCCNC(=O)c2ccccc2SC)cc1. The van der Waals surface area contributed by atoms with Gasteiger partial charge in [0.05, 0.1) is 12.1 Å². The van der Waals surface area contributed by atoms with Gasteiger partial charge in [0.1, 0.15) is 12.4 Å². The largest absolute Gasteiger partial charge is 0.492 e. The Labute approximate surface area is 142 Å². The maximum absolute atomic E-state index is 12.2. The highest BCUT2D eigenvalue weighted by atomic mass is 32.2. The second-order valence-corrected chi connectivity index (χ2v) is 6.05. The standard InChI is InChI=1S/C19H23NO2S/c1-3-6-15-9-11-16(12-10-15)22-14-13-20-19(21)17-7-4-5-8-18(17)23-2/h4-5,7-12H,3,6,13-14H2,1-2H3,(H,20,21). The van der Waals surface area contributed by atoms with E-state index in [0.717, 1.165) is 23.5 Å². The van der Waals surface area contributed by atoms with Crippen LogP contribution in [0.25, 0.3) is 0 Å². The van der Waals surface area contributed by atoms with Gasteiger partial charge >= 0.3 is 0 Å². The molecule has 0 saturated heterocycles. The highest BCUT2D eigenvalue weighted by Crippen LogP contribution is 2.19. The molecule has 0 aliphatic carbocycles. The summed E-state index contributed by atoms with van der Waals surface area (Å²) in [6.07, 6.45) is 4.20. The van der Waals surface area contributed by atoms with Crippen LogP contribution in [-0.4, -0.2) is 25.3 Å². The van der Waals surface area contributed by atoms with Gasteiger partial charge in [-0.15, -0.1) is 11.8 Å². The van der Waals surface area contributed by atoms with Crippen molar-refractivity contribution in [1.29, 1.82) is 0 Å². The topological polar surface area (TPSA) is 38.3 Å². The Morgan fingerprint density at radius 2 is 1.87 bits per heavy atom. The molecule has 23 heavy (non-hydrogen) atoms. The number of thioether (sulfide) groups is 1. The van der Waals surface area contributed by atoms with Crippen molar-refractivity contribution < 1.29 is 9.53 Å². The molecule has 1 amide bonds. The smallest absolute Gasteiger partial charge is 0.252 e. The summed E-state index contributed by atoms with van der Waals surface area (Å²) in [7, 11) is 0. The molecule has 2 aromatic rings. The number of rotatable bonds is 8. The zero-order chi connectivity index (χ0) is 16.5. The molecule has 3 nitrogen and oxygen atoms in total. The van der Waals surface area contributed by atoms with E-state index in [1.807, 2.05) is 42.7 Å². The van der Waals surface area contributed by atoms with E-state index in [1.165, 1.54) is 5.56 Å². The van der Waals surface area contributed by atoms with Crippen molar-refractivity contribution in [3.63, 3.8) is 0 Å². The van der Waals surface area contributed by atoms with Crippen LogP contribution in [0.5, 0.6) is 5.75 Å². The molecule has 2 rings (SSSR count). The molecule has 0 aliphatic heterocycles. The summed E-state index contributed by atoms with van der Waals surface area (Å²) in [6, 6.07) is 15.8. The molecular weight excluding hydrogens is 306 g/mol. The molecule has 0 fully saturated rings. The number of benzene rings is 2. The van der Waals surface area contributed by atoms with Gasteiger partial charge in [0.15, 0.2) is 0 Å². The first-order valence-electron chi connectivity index (χ1n) is 7.87. The fraction of sp³-hybridized carbons (Fsp3) is 0.316. The minimum atomic E-state index is -0.0585. The van der Waals surface area contributed by atoms with E-state index in [-0.39, 0.29) is 5.91 Å². The van der Waals surface area contributed by atoms with Gasteiger partial charge in [-0.3, -0.25) is 4.79 Å². The number of carbonyl (C=O) groups excluding carboxylic acids is 1. The zero-order valence-corrected chi connectivity index (χ0v) is 14.5. The molecule has 2 aromatic carbocycles. The van der Waals surface area contributed by atoms with Crippen molar-refractivity contribution in [3.8, 4) is 5.75 Å². The van der Waals surface area contributed by atoms with Crippen molar-refractivity contribution in [1.82, 2.24) is 5.32 Å². The number of hydrogen-bond acceptors (Lipinski definition) is 3. The number of nitrogens with one attached hydrogen (secondary N) is 1. The van der Waals surface area contributed by atoms with Gasteiger partial charge in [-0.2, -0.15) is 0 Å². The molecular formula is C19H23NO2S. The zero-order valence-electron chi connectivity index (χ0n) is 13.7. The van der Waals surface area contributed by atoms with Crippen LogP contribution in [0.15, 0.2) is 53.4 Å². The molecule has 0 aliphatic rings. The first kappa shape index (κ1) is 17.4. The number of hydrogen-bond donors (Lipinski definition) is 1. The maximum Gasteiger partial charge on any atom is 0.252 e. The molecule has 1 N–H and O–H groups in total. The second kappa shape index (κ2) is 9.26. The second-order valence-electron chi connectivity index (χ2n) is 5.20. The summed E-state index contributed by atoms with van der Waals surface area (Å²) >= 11 is 1.57. The Balaban J connectivity index is 1.77. The molecule has 0 aromatic heterocycles. The van der Waals surface area contributed by atoms with Gasteiger partial charge in [-0.25, -0.2) is 0 Å². The molecule has 0 saturated carbocycles.